The molecule has 1 aromatic heterocycles. The minimum atomic E-state index is -3.93. The van der Waals surface area contributed by atoms with E-state index in [1.165, 1.54) is 39.7 Å². The van der Waals surface area contributed by atoms with Crippen LogP contribution in [0.5, 0.6) is 17.2 Å². The van der Waals surface area contributed by atoms with E-state index in [0.717, 1.165) is 0 Å². The molecule has 0 unspecified atom stereocenters. The highest BCUT2D eigenvalue weighted by Crippen LogP contribution is 2.40. The van der Waals surface area contributed by atoms with Gasteiger partial charge in [-0.25, -0.2) is 8.42 Å². The largest absolute Gasteiger partial charge is 0.497 e. The molecule has 0 atom stereocenters. The zero-order chi connectivity index (χ0) is 23.6. The van der Waals surface area contributed by atoms with Crippen LogP contribution in [-0.4, -0.2) is 34.7 Å². The first-order valence-electron chi connectivity index (χ1n) is 9.84. The number of aromatic nitrogens is 1. The van der Waals surface area contributed by atoms with Gasteiger partial charge in [0.15, 0.2) is 11.5 Å². The minimum Gasteiger partial charge on any atom is -0.497 e. The molecule has 1 heterocycles. The second-order valence-electron chi connectivity index (χ2n) is 7.03. The standard InChI is InChI=1S/C24H21ClN2O5S/c1-30-17-8-10-18(11-9-17)33(28,29)23-14-26-20-13-22(32-3)21(31-2)12-19(20)24(23)27-16-6-4-15(25)5-7-16/h4-14H,1-3H3,(H,26,27). The van der Waals surface area contributed by atoms with Gasteiger partial charge in [-0.3, -0.25) is 4.98 Å². The van der Waals surface area contributed by atoms with Crippen molar-refractivity contribution < 1.29 is 22.6 Å². The van der Waals surface area contributed by atoms with Crippen molar-refractivity contribution in [3.63, 3.8) is 0 Å². The van der Waals surface area contributed by atoms with E-state index in [1.54, 1.807) is 48.5 Å². The highest BCUT2D eigenvalue weighted by atomic mass is 35.5. The minimum absolute atomic E-state index is 0.0161. The number of nitrogens with zero attached hydrogens (tertiary/aromatic N) is 1. The van der Waals surface area contributed by atoms with Crippen LogP contribution < -0.4 is 19.5 Å². The Morgan fingerprint density at radius 2 is 1.48 bits per heavy atom. The van der Waals surface area contributed by atoms with Gasteiger partial charge in [-0.15, -0.1) is 0 Å². The maximum atomic E-state index is 13.6. The lowest BCUT2D eigenvalue weighted by Crippen LogP contribution is -2.07. The number of rotatable bonds is 7. The van der Waals surface area contributed by atoms with E-state index in [-0.39, 0.29) is 9.79 Å². The van der Waals surface area contributed by atoms with Crippen LogP contribution in [0.3, 0.4) is 0 Å². The molecule has 33 heavy (non-hydrogen) atoms. The molecule has 0 radical (unpaired) electrons. The summed E-state index contributed by atoms with van der Waals surface area (Å²) in [5.41, 5.74) is 1.56. The van der Waals surface area contributed by atoms with Crippen molar-refractivity contribution in [1.82, 2.24) is 4.98 Å². The zero-order valence-electron chi connectivity index (χ0n) is 18.1. The average molecular weight is 485 g/mol. The van der Waals surface area contributed by atoms with Crippen molar-refractivity contribution in [1.29, 1.82) is 0 Å². The van der Waals surface area contributed by atoms with Crippen LogP contribution >= 0.6 is 11.6 Å². The Morgan fingerprint density at radius 3 is 2.09 bits per heavy atom. The molecule has 0 amide bonds. The van der Waals surface area contributed by atoms with E-state index in [2.05, 4.69) is 10.3 Å². The van der Waals surface area contributed by atoms with Gasteiger partial charge in [-0.05, 0) is 54.6 Å². The Balaban J connectivity index is 1.96. The summed E-state index contributed by atoms with van der Waals surface area (Å²) < 4.78 is 43.2. The van der Waals surface area contributed by atoms with E-state index >= 15 is 0 Å². The van der Waals surface area contributed by atoms with Gasteiger partial charge in [-0.1, -0.05) is 11.6 Å². The number of nitrogens with one attached hydrogen (secondary N) is 1. The summed E-state index contributed by atoms with van der Waals surface area (Å²) in [4.78, 5) is 4.54. The van der Waals surface area contributed by atoms with Gasteiger partial charge in [0, 0.05) is 28.4 Å². The predicted molar refractivity (Wildman–Crippen MR) is 128 cm³/mol. The predicted octanol–water partition coefficient (Wildman–Crippen LogP) is 5.49. The second kappa shape index (κ2) is 9.17. The number of halogens is 1. The van der Waals surface area contributed by atoms with Gasteiger partial charge < -0.3 is 19.5 Å². The van der Waals surface area contributed by atoms with Gasteiger partial charge >= 0.3 is 0 Å². The first-order valence-corrected chi connectivity index (χ1v) is 11.7. The Morgan fingerprint density at radius 1 is 0.848 bits per heavy atom. The van der Waals surface area contributed by atoms with Crippen LogP contribution in [0.2, 0.25) is 5.02 Å². The molecule has 0 saturated carbocycles. The molecule has 170 valence electrons. The van der Waals surface area contributed by atoms with E-state index in [4.69, 9.17) is 25.8 Å². The van der Waals surface area contributed by atoms with Crippen molar-refractivity contribution in [2.45, 2.75) is 9.79 Å². The summed E-state index contributed by atoms with van der Waals surface area (Å²) in [5, 5.41) is 4.35. The summed E-state index contributed by atoms with van der Waals surface area (Å²) in [6.07, 6.45) is 1.34. The van der Waals surface area contributed by atoms with Crippen LogP contribution in [0.1, 0.15) is 0 Å². The highest BCUT2D eigenvalue weighted by Gasteiger charge is 2.25. The van der Waals surface area contributed by atoms with Gasteiger partial charge in [0.25, 0.3) is 0 Å². The smallest absolute Gasteiger partial charge is 0.210 e. The second-order valence-corrected chi connectivity index (χ2v) is 9.39. The first kappa shape index (κ1) is 22.7. The molecule has 4 rings (SSSR count). The SMILES string of the molecule is COc1ccc(S(=O)(=O)c2cnc3cc(OC)c(OC)cc3c2Nc2ccc(Cl)cc2)cc1. The van der Waals surface area contributed by atoms with E-state index < -0.39 is 9.84 Å². The lowest BCUT2D eigenvalue weighted by Gasteiger charge is -2.17. The van der Waals surface area contributed by atoms with E-state index in [9.17, 15) is 8.42 Å². The molecule has 4 aromatic rings. The Hall–Kier alpha value is -3.49. The number of hydrogen-bond donors (Lipinski definition) is 1. The quantitative estimate of drug-likeness (QED) is 0.371. The van der Waals surface area contributed by atoms with E-state index in [0.29, 0.717) is 44.5 Å². The Labute approximate surface area is 196 Å². The third kappa shape index (κ3) is 4.40. The molecule has 9 heteroatoms. The summed E-state index contributed by atoms with van der Waals surface area (Å²) in [7, 11) is 0.634. The Kier molecular flexibility index (Phi) is 6.31. The molecule has 0 saturated heterocycles. The Bertz CT molecular complexity index is 1410. The summed E-state index contributed by atoms with van der Waals surface area (Å²) in [6, 6.07) is 16.6. The summed E-state index contributed by atoms with van der Waals surface area (Å²) >= 11 is 6.02. The van der Waals surface area contributed by atoms with Crippen LogP contribution in [0.15, 0.2) is 76.7 Å². The number of methoxy groups -OCH3 is 3. The molecule has 0 aliphatic carbocycles. The number of pyridine rings is 1. The lowest BCUT2D eigenvalue weighted by atomic mass is 10.1. The highest BCUT2D eigenvalue weighted by molar-refractivity contribution is 7.91. The number of benzene rings is 3. The third-order valence-corrected chi connectivity index (χ3v) is 7.14. The van der Waals surface area contributed by atoms with Crippen molar-refractivity contribution in [2.75, 3.05) is 26.6 Å². The summed E-state index contributed by atoms with van der Waals surface area (Å²) in [6.45, 7) is 0. The molecule has 0 aliphatic heterocycles. The molecular weight excluding hydrogens is 464 g/mol. The molecule has 3 aromatic carbocycles. The fraction of sp³-hybridized carbons (Fsp3) is 0.125. The number of fused-ring (bicyclic) bond motifs is 1. The molecular formula is C24H21ClN2O5S. The van der Waals surface area contributed by atoms with Crippen LogP contribution in [0.4, 0.5) is 11.4 Å². The van der Waals surface area contributed by atoms with Gasteiger partial charge in [0.2, 0.25) is 9.84 Å². The number of anilines is 2. The average Bonchev–Trinajstić information content (AvgIpc) is 2.84. The van der Waals surface area contributed by atoms with E-state index in [1.807, 2.05) is 0 Å². The van der Waals surface area contributed by atoms with Gasteiger partial charge in [0.1, 0.15) is 10.6 Å². The van der Waals surface area contributed by atoms with Crippen molar-refractivity contribution >= 4 is 43.7 Å². The van der Waals surface area contributed by atoms with Crippen LogP contribution in [0.25, 0.3) is 10.9 Å². The molecule has 0 bridgehead atoms. The maximum absolute atomic E-state index is 13.6. The van der Waals surface area contributed by atoms with Crippen molar-refractivity contribution in [3.05, 3.63) is 71.9 Å². The number of ether oxygens (including phenoxy) is 3. The number of sulfone groups is 1. The summed E-state index contributed by atoms with van der Waals surface area (Å²) in [5.74, 6) is 1.49. The molecule has 1 N–H and O–H groups in total. The normalized spacial score (nSPS) is 11.3. The molecule has 0 fully saturated rings. The van der Waals surface area contributed by atoms with Crippen LogP contribution in [0, 0.1) is 0 Å². The monoisotopic (exact) mass is 484 g/mol. The third-order valence-electron chi connectivity index (χ3n) is 5.11. The zero-order valence-corrected chi connectivity index (χ0v) is 19.7. The van der Waals surface area contributed by atoms with Gasteiger partial charge in [0.05, 0.1) is 37.4 Å². The molecule has 0 aliphatic rings. The maximum Gasteiger partial charge on any atom is 0.210 e. The molecule has 7 nitrogen and oxygen atoms in total. The van der Waals surface area contributed by atoms with Crippen LogP contribution in [-0.2, 0) is 9.84 Å². The number of hydrogen-bond acceptors (Lipinski definition) is 7. The lowest BCUT2D eigenvalue weighted by molar-refractivity contribution is 0.356. The molecule has 0 spiro atoms. The van der Waals surface area contributed by atoms with Gasteiger partial charge in [-0.2, -0.15) is 0 Å². The fourth-order valence-corrected chi connectivity index (χ4v) is 4.89. The topological polar surface area (TPSA) is 86.8 Å². The fourth-order valence-electron chi connectivity index (χ4n) is 3.39. The van der Waals surface area contributed by atoms with Crippen molar-refractivity contribution in [2.24, 2.45) is 0 Å². The van der Waals surface area contributed by atoms with Crippen molar-refractivity contribution in [3.8, 4) is 17.2 Å². The first-order chi connectivity index (χ1) is 15.9.